The molecule has 1 heteroatoms. The van der Waals surface area contributed by atoms with Crippen LogP contribution in [0.25, 0.3) is 11.1 Å². The number of benzene rings is 1. The van der Waals surface area contributed by atoms with Gasteiger partial charge in [-0.3, -0.25) is 0 Å². The lowest BCUT2D eigenvalue weighted by Gasteiger charge is -1.96. The molecule has 0 bridgehead atoms. The molecule has 0 atom stereocenters. The van der Waals surface area contributed by atoms with Crippen LogP contribution in [0.4, 0.5) is 11.4 Å². The summed E-state index contributed by atoms with van der Waals surface area (Å²) in [5.41, 5.74) is 7.91. The summed E-state index contributed by atoms with van der Waals surface area (Å²) in [6, 6.07) is 2.31. The Morgan fingerprint density at radius 2 is 2.50 bits per heavy atom. The summed E-state index contributed by atoms with van der Waals surface area (Å²) in [5, 5.41) is 0. The highest BCUT2D eigenvalue weighted by molar-refractivity contribution is 6.21. The first-order valence-electron chi connectivity index (χ1n) is 2.94. The van der Waals surface area contributed by atoms with E-state index in [9.17, 15) is 0 Å². The van der Waals surface area contributed by atoms with Crippen LogP contribution in [-0.4, -0.2) is 0 Å². The van der Waals surface area contributed by atoms with Crippen LogP contribution in [0.15, 0.2) is 6.07 Å². The van der Waals surface area contributed by atoms with E-state index in [1.165, 1.54) is 12.2 Å². The third-order valence-corrected chi connectivity index (χ3v) is 2.42. The highest BCUT2D eigenvalue weighted by Gasteiger charge is 2.51. The highest BCUT2D eigenvalue weighted by atomic mass is 15.3. The predicted octanol–water partition coefficient (Wildman–Crippen LogP) is 1.63. The molecule has 0 saturated heterocycles. The molecule has 1 nitrogen and oxygen atoms in total. The zero-order chi connectivity index (χ0) is 4.88. The first-order valence-corrected chi connectivity index (χ1v) is 2.94. The standard InChI is InChI=1S/C7H3N/c1-3-4-2-8-5(1)7(8)6(3)4/h1H,2H2. The van der Waals surface area contributed by atoms with Gasteiger partial charge in [0.1, 0.15) is 0 Å². The van der Waals surface area contributed by atoms with Gasteiger partial charge < -0.3 is 4.90 Å². The van der Waals surface area contributed by atoms with Crippen molar-refractivity contribution >= 4 is 11.4 Å². The lowest BCUT2D eigenvalue weighted by molar-refractivity contribution is 1.12. The average Bonchev–Trinajstić information content (AvgIpc) is 2.56. The molecule has 0 aromatic rings. The molecule has 0 amide bonds. The first-order chi connectivity index (χ1) is 3.97. The molecule has 4 aliphatic rings. The molecule has 2 aliphatic carbocycles. The Balaban J connectivity index is 2.57. The van der Waals surface area contributed by atoms with E-state index in [-0.39, 0.29) is 0 Å². The normalized spacial score (nSPS) is 19.8. The molecule has 0 saturated carbocycles. The number of nitrogens with zero attached hydrogens (tertiary/aromatic N) is 1. The van der Waals surface area contributed by atoms with E-state index in [0.717, 1.165) is 0 Å². The molecular formula is C7H3N. The van der Waals surface area contributed by atoms with Crippen molar-refractivity contribution in [1.82, 2.24) is 0 Å². The van der Waals surface area contributed by atoms with Crippen molar-refractivity contribution in [1.29, 1.82) is 0 Å². The second-order valence-corrected chi connectivity index (χ2v) is 2.73. The van der Waals surface area contributed by atoms with Gasteiger partial charge in [-0.25, -0.2) is 0 Å². The van der Waals surface area contributed by atoms with Crippen LogP contribution < -0.4 is 4.90 Å². The summed E-state index contributed by atoms with van der Waals surface area (Å²) in [6.07, 6.45) is 0. The minimum atomic E-state index is 1.23. The molecule has 8 heavy (non-hydrogen) atoms. The van der Waals surface area contributed by atoms with E-state index in [0.29, 0.717) is 0 Å². The van der Waals surface area contributed by atoms with Gasteiger partial charge in [-0.1, -0.05) is 0 Å². The Kier molecular flexibility index (Phi) is 0.133. The van der Waals surface area contributed by atoms with Crippen LogP contribution in [0.2, 0.25) is 0 Å². The summed E-state index contributed by atoms with van der Waals surface area (Å²) in [5.74, 6) is 0. The number of hydrogen-bond acceptors (Lipinski definition) is 1. The maximum atomic E-state index is 2.39. The average molecular weight is 101 g/mol. The summed E-state index contributed by atoms with van der Waals surface area (Å²) < 4.78 is 0. The number of fused-ring (bicyclic) bond motifs is 2. The minimum absolute atomic E-state index is 1.23. The van der Waals surface area contributed by atoms with Gasteiger partial charge in [0.2, 0.25) is 0 Å². The quantitative estimate of drug-likeness (QED) is 0.456. The van der Waals surface area contributed by atoms with E-state index in [4.69, 9.17) is 0 Å². The Bertz CT molecular complexity index is 339. The third-order valence-electron chi connectivity index (χ3n) is 2.42. The van der Waals surface area contributed by atoms with Gasteiger partial charge in [-0.05, 0) is 17.2 Å². The van der Waals surface area contributed by atoms with E-state index >= 15 is 0 Å². The topological polar surface area (TPSA) is 3.01 Å². The number of anilines is 2. The van der Waals surface area contributed by atoms with Gasteiger partial charge in [-0.2, -0.15) is 0 Å². The monoisotopic (exact) mass is 101 g/mol. The molecule has 36 valence electrons. The summed E-state index contributed by atoms with van der Waals surface area (Å²) in [6.45, 7) is 1.23. The molecule has 0 fully saturated rings. The Labute approximate surface area is 46.5 Å². The van der Waals surface area contributed by atoms with Crippen LogP contribution in [0.3, 0.4) is 0 Å². The summed E-state index contributed by atoms with van der Waals surface area (Å²) >= 11 is 0. The predicted molar refractivity (Wildman–Crippen MR) is 31.3 cm³/mol. The van der Waals surface area contributed by atoms with Gasteiger partial charge in [0.15, 0.2) is 0 Å². The molecule has 0 aromatic carbocycles. The van der Waals surface area contributed by atoms with Crippen LogP contribution >= 0.6 is 0 Å². The van der Waals surface area contributed by atoms with Crippen molar-refractivity contribution in [2.45, 2.75) is 6.54 Å². The fourth-order valence-electron chi connectivity index (χ4n) is 1.92. The lowest BCUT2D eigenvalue weighted by atomic mass is 10.4. The van der Waals surface area contributed by atoms with Crippen molar-refractivity contribution < 1.29 is 0 Å². The zero-order valence-electron chi connectivity index (χ0n) is 4.23. The first kappa shape index (κ1) is 2.53. The Morgan fingerprint density at radius 3 is 2.62 bits per heavy atom. The Hall–Kier alpha value is -0.980. The van der Waals surface area contributed by atoms with Crippen molar-refractivity contribution in [2.24, 2.45) is 0 Å². The van der Waals surface area contributed by atoms with E-state index < -0.39 is 0 Å². The summed E-state index contributed by atoms with van der Waals surface area (Å²) in [4.78, 5) is 2.39. The van der Waals surface area contributed by atoms with Gasteiger partial charge in [0.05, 0.1) is 11.4 Å². The van der Waals surface area contributed by atoms with Gasteiger partial charge in [-0.15, -0.1) is 0 Å². The van der Waals surface area contributed by atoms with Gasteiger partial charge in [0, 0.05) is 12.1 Å². The Morgan fingerprint density at radius 1 is 1.50 bits per heavy atom. The van der Waals surface area contributed by atoms with Gasteiger partial charge >= 0.3 is 0 Å². The fourth-order valence-corrected chi connectivity index (χ4v) is 1.92. The molecule has 4 rings (SSSR count). The SMILES string of the molecule is c1c2c3c-2c2c1N2C3. The molecule has 0 radical (unpaired) electrons. The molecule has 0 unspecified atom stereocenters. The van der Waals surface area contributed by atoms with Crippen molar-refractivity contribution in [3.8, 4) is 11.1 Å². The lowest BCUT2D eigenvalue weighted by Crippen LogP contribution is -1.94. The fraction of sp³-hybridized carbons (Fsp3) is 0.143. The number of hydrogen-bond donors (Lipinski definition) is 0. The van der Waals surface area contributed by atoms with Crippen molar-refractivity contribution in [3.05, 3.63) is 11.6 Å². The molecule has 2 heterocycles. The minimum Gasteiger partial charge on any atom is -0.333 e. The van der Waals surface area contributed by atoms with Gasteiger partial charge in [0.25, 0.3) is 0 Å². The van der Waals surface area contributed by atoms with Crippen molar-refractivity contribution in [3.63, 3.8) is 0 Å². The van der Waals surface area contributed by atoms with Crippen molar-refractivity contribution in [2.75, 3.05) is 4.90 Å². The van der Waals surface area contributed by atoms with Crippen LogP contribution in [0.1, 0.15) is 5.56 Å². The second-order valence-electron chi connectivity index (χ2n) is 2.73. The maximum Gasteiger partial charge on any atom is 0.0739 e. The zero-order valence-corrected chi connectivity index (χ0v) is 4.23. The third kappa shape index (κ3) is 0.0843. The largest absolute Gasteiger partial charge is 0.333 e. The molecular weight excluding hydrogens is 98.1 g/mol. The number of rotatable bonds is 0. The maximum absolute atomic E-state index is 2.39. The van der Waals surface area contributed by atoms with Crippen LogP contribution in [0, 0.1) is 0 Å². The molecule has 2 aliphatic heterocycles. The van der Waals surface area contributed by atoms with Crippen LogP contribution in [0.5, 0.6) is 0 Å². The molecule has 0 N–H and O–H groups in total. The van der Waals surface area contributed by atoms with E-state index in [2.05, 4.69) is 11.0 Å². The highest BCUT2D eigenvalue weighted by Crippen LogP contribution is 2.72. The molecule has 0 aromatic heterocycles. The summed E-state index contributed by atoms with van der Waals surface area (Å²) in [7, 11) is 0. The van der Waals surface area contributed by atoms with E-state index in [1.807, 2.05) is 0 Å². The second kappa shape index (κ2) is 0.419. The molecule has 0 spiro atoms. The van der Waals surface area contributed by atoms with Crippen LogP contribution in [-0.2, 0) is 6.54 Å². The smallest absolute Gasteiger partial charge is 0.0739 e. The van der Waals surface area contributed by atoms with E-state index in [1.54, 1.807) is 22.4 Å².